The van der Waals surface area contributed by atoms with Crippen LogP contribution in [0.25, 0.3) is 12.2 Å². The fourth-order valence-corrected chi connectivity index (χ4v) is 3.61. The first-order valence-corrected chi connectivity index (χ1v) is 10.2. The van der Waals surface area contributed by atoms with Gasteiger partial charge in [-0.3, -0.25) is 9.89 Å². The van der Waals surface area contributed by atoms with Gasteiger partial charge in [-0.2, -0.15) is 0 Å². The summed E-state index contributed by atoms with van der Waals surface area (Å²) in [5.41, 5.74) is 2.51. The Bertz CT molecular complexity index is 871. The molecule has 0 radical (unpaired) electrons. The number of hydrogen-bond acceptors (Lipinski definition) is 5. The molecule has 1 aromatic carbocycles. The number of amides is 1. The molecule has 0 atom stereocenters. The van der Waals surface area contributed by atoms with Crippen molar-refractivity contribution in [1.29, 1.82) is 0 Å². The maximum absolute atomic E-state index is 12.0. The number of thioether (sulfide) groups is 1. The van der Waals surface area contributed by atoms with Crippen molar-refractivity contribution in [3.63, 3.8) is 0 Å². The SMILES string of the molecule is Cc1ccccc1CCNC(=O)CSc1n[nH]c(/C=C/c2cccs2)n1. The molecule has 134 valence electrons. The molecule has 3 aromatic rings. The van der Waals surface area contributed by atoms with E-state index < -0.39 is 0 Å². The lowest BCUT2D eigenvalue weighted by Gasteiger charge is -2.06. The molecule has 7 heteroatoms. The number of benzene rings is 1. The summed E-state index contributed by atoms with van der Waals surface area (Å²) in [7, 11) is 0. The van der Waals surface area contributed by atoms with Crippen LogP contribution in [-0.2, 0) is 11.2 Å². The molecule has 5 nitrogen and oxygen atoms in total. The van der Waals surface area contributed by atoms with E-state index in [9.17, 15) is 4.79 Å². The van der Waals surface area contributed by atoms with Crippen LogP contribution in [0.2, 0.25) is 0 Å². The van der Waals surface area contributed by atoms with E-state index in [1.165, 1.54) is 22.9 Å². The molecule has 2 heterocycles. The summed E-state index contributed by atoms with van der Waals surface area (Å²) in [5, 5.41) is 12.5. The quantitative estimate of drug-likeness (QED) is 0.580. The molecule has 0 aliphatic rings. The maximum atomic E-state index is 12.0. The molecule has 0 bridgehead atoms. The molecule has 2 N–H and O–H groups in total. The van der Waals surface area contributed by atoms with Crippen LogP contribution in [0.5, 0.6) is 0 Å². The second kappa shape index (κ2) is 9.35. The van der Waals surface area contributed by atoms with Gasteiger partial charge in [-0.25, -0.2) is 4.98 Å². The van der Waals surface area contributed by atoms with Crippen LogP contribution in [0.4, 0.5) is 0 Å². The molecule has 0 saturated heterocycles. The summed E-state index contributed by atoms with van der Waals surface area (Å²) >= 11 is 2.99. The number of carbonyl (C=O) groups is 1. The third kappa shape index (κ3) is 5.57. The Morgan fingerprint density at radius 1 is 1.27 bits per heavy atom. The molecule has 0 spiro atoms. The Kier molecular flexibility index (Phi) is 6.62. The van der Waals surface area contributed by atoms with E-state index in [1.807, 2.05) is 41.8 Å². The molecule has 0 aliphatic heterocycles. The molecular weight excluding hydrogens is 364 g/mol. The number of carbonyl (C=O) groups excluding carboxylic acids is 1. The van der Waals surface area contributed by atoms with Crippen molar-refractivity contribution < 1.29 is 4.79 Å². The summed E-state index contributed by atoms with van der Waals surface area (Å²) in [4.78, 5) is 17.5. The van der Waals surface area contributed by atoms with Gasteiger partial charge in [0.1, 0.15) is 5.82 Å². The van der Waals surface area contributed by atoms with Gasteiger partial charge < -0.3 is 5.32 Å². The second-order valence-electron chi connectivity index (χ2n) is 5.67. The minimum atomic E-state index is -0.0101. The third-order valence-electron chi connectivity index (χ3n) is 3.74. The zero-order chi connectivity index (χ0) is 18.2. The van der Waals surface area contributed by atoms with Gasteiger partial charge in [0.05, 0.1) is 5.75 Å². The number of hydrogen-bond donors (Lipinski definition) is 2. The highest BCUT2D eigenvalue weighted by atomic mass is 32.2. The average Bonchev–Trinajstić information content (AvgIpc) is 3.31. The standard InChI is InChI=1S/C19H20N4OS2/c1-14-5-2-3-6-15(14)10-11-20-18(24)13-26-19-21-17(22-23-19)9-8-16-7-4-12-25-16/h2-9,12H,10-11,13H2,1H3,(H,20,24)(H,21,22,23)/b9-8+. The van der Waals surface area contributed by atoms with E-state index in [-0.39, 0.29) is 5.91 Å². The first-order valence-electron chi connectivity index (χ1n) is 8.29. The lowest BCUT2D eigenvalue weighted by molar-refractivity contribution is -0.118. The van der Waals surface area contributed by atoms with Crippen LogP contribution in [0.1, 0.15) is 21.8 Å². The van der Waals surface area contributed by atoms with E-state index in [1.54, 1.807) is 11.3 Å². The Labute approximate surface area is 161 Å². The van der Waals surface area contributed by atoms with E-state index in [0.717, 1.165) is 11.3 Å². The minimum Gasteiger partial charge on any atom is -0.355 e. The molecule has 1 amide bonds. The van der Waals surface area contributed by atoms with Crippen molar-refractivity contribution in [2.24, 2.45) is 0 Å². The second-order valence-corrected chi connectivity index (χ2v) is 7.59. The number of rotatable bonds is 8. The number of aryl methyl sites for hydroxylation is 1. The van der Waals surface area contributed by atoms with Crippen LogP contribution in [-0.4, -0.2) is 33.4 Å². The predicted molar refractivity (Wildman–Crippen MR) is 108 cm³/mol. The molecular formula is C19H20N4OS2. The monoisotopic (exact) mass is 384 g/mol. The van der Waals surface area contributed by atoms with Crippen LogP contribution in [0, 0.1) is 6.92 Å². The van der Waals surface area contributed by atoms with E-state index >= 15 is 0 Å². The zero-order valence-corrected chi connectivity index (χ0v) is 16.1. The third-order valence-corrected chi connectivity index (χ3v) is 5.43. The fourth-order valence-electron chi connectivity index (χ4n) is 2.35. The van der Waals surface area contributed by atoms with Gasteiger partial charge in [-0.15, -0.1) is 16.4 Å². The summed E-state index contributed by atoms with van der Waals surface area (Å²) in [6, 6.07) is 12.3. The van der Waals surface area contributed by atoms with Gasteiger partial charge in [0, 0.05) is 11.4 Å². The number of nitrogens with zero attached hydrogens (tertiary/aromatic N) is 2. The van der Waals surface area contributed by atoms with Crippen molar-refractivity contribution in [1.82, 2.24) is 20.5 Å². The predicted octanol–water partition coefficient (Wildman–Crippen LogP) is 3.80. The lowest BCUT2D eigenvalue weighted by Crippen LogP contribution is -2.27. The highest BCUT2D eigenvalue weighted by Crippen LogP contribution is 2.15. The van der Waals surface area contributed by atoms with Gasteiger partial charge in [0.2, 0.25) is 11.1 Å². The highest BCUT2D eigenvalue weighted by molar-refractivity contribution is 7.99. The number of aromatic amines is 1. The topological polar surface area (TPSA) is 70.7 Å². The van der Waals surface area contributed by atoms with E-state index in [2.05, 4.69) is 39.6 Å². The molecule has 0 aliphatic carbocycles. The van der Waals surface area contributed by atoms with Crippen molar-refractivity contribution >= 4 is 41.2 Å². The minimum absolute atomic E-state index is 0.0101. The van der Waals surface area contributed by atoms with Crippen LogP contribution in [0.15, 0.2) is 46.9 Å². The maximum Gasteiger partial charge on any atom is 0.230 e. The molecule has 0 saturated carbocycles. The largest absolute Gasteiger partial charge is 0.355 e. The Hall–Kier alpha value is -2.38. The zero-order valence-electron chi connectivity index (χ0n) is 14.4. The van der Waals surface area contributed by atoms with Crippen LogP contribution in [0.3, 0.4) is 0 Å². The number of nitrogens with one attached hydrogen (secondary N) is 2. The average molecular weight is 385 g/mol. The van der Waals surface area contributed by atoms with Crippen molar-refractivity contribution in [3.8, 4) is 0 Å². The Balaban J connectivity index is 1.40. The molecule has 26 heavy (non-hydrogen) atoms. The fraction of sp³-hybridized carbons (Fsp3) is 0.211. The molecule has 0 fully saturated rings. The number of thiophene rings is 1. The van der Waals surface area contributed by atoms with Gasteiger partial charge in [-0.1, -0.05) is 42.1 Å². The molecule has 2 aromatic heterocycles. The Morgan fingerprint density at radius 2 is 2.15 bits per heavy atom. The smallest absolute Gasteiger partial charge is 0.230 e. The van der Waals surface area contributed by atoms with E-state index in [0.29, 0.717) is 23.3 Å². The lowest BCUT2D eigenvalue weighted by atomic mass is 10.1. The molecule has 3 rings (SSSR count). The summed E-state index contributed by atoms with van der Waals surface area (Å²) < 4.78 is 0. The Morgan fingerprint density at radius 3 is 2.96 bits per heavy atom. The molecule has 0 unspecified atom stereocenters. The van der Waals surface area contributed by atoms with Gasteiger partial charge in [-0.05, 0) is 48.1 Å². The van der Waals surface area contributed by atoms with Gasteiger partial charge in [0.15, 0.2) is 0 Å². The van der Waals surface area contributed by atoms with Crippen molar-refractivity contribution in [2.45, 2.75) is 18.5 Å². The number of aromatic nitrogens is 3. The first-order chi connectivity index (χ1) is 12.7. The van der Waals surface area contributed by atoms with Crippen molar-refractivity contribution in [3.05, 3.63) is 63.6 Å². The normalized spacial score (nSPS) is 11.1. The highest BCUT2D eigenvalue weighted by Gasteiger charge is 2.07. The van der Waals surface area contributed by atoms with Gasteiger partial charge >= 0.3 is 0 Å². The van der Waals surface area contributed by atoms with Gasteiger partial charge in [0.25, 0.3) is 0 Å². The first kappa shape index (κ1) is 18.4. The number of H-pyrrole nitrogens is 1. The summed E-state index contributed by atoms with van der Waals surface area (Å²) in [6.07, 6.45) is 4.70. The van der Waals surface area contributed by atoms with E-state index in [4.69, 9.17) is 0 Å². The van der Waals surface area contributed by atoms with Crippen LogP contribution >= 0.6 is 23.1 Å². The summed E-state index contributed by atoms with van der Waals surface area (Å²) in [5.74, 6) is 0.976. The van der Waals surface area contributed by atoms with Crippen LogP contribution < -0.4 is 5.32 Å². The van der Waals surface area contributed by atoms with Crippen molar-refractivity contribution in [2.75, 3.05) is 12.3 Å². The summed E-state index contributed by atoms with van der Waals surface area (Å²) in [6.45, 7) is 2.72.